The molecule has 7 heteroatoms. The summed E-state index contributed by atoms with van der Waals surface area (Å²) in [5.74, 6) is -0.157. The van der Waals surface area contributed by atoms with Crippen LogP contribution in [0.3, 0.4) is 0 Å². The third-order valence-corrected chi connectivity index (χ3v) is 6.10. The molecule has 1 aliphatic heterocycles. The van der Waals surface area contributed by atoms with Crippen LogP contribution in [0.5, 0.6) is 0 Å². The van der Waals surface area contributed by atoms with Crippen LogP contribution < -0.4 is 10.2 Å². The maximum Gasteiger partial charge on any atom is 0.281 e. The molecule has 1 aliphatic carbocycles. The average molecular weight is 431 g/mol. The number of anilines is 1. The van der Waals surface area contributed by atoms with Gasteiger partial charge in [-0.1, -0.05) is 36.4 Å². The summed E-state index contributed by atoms with van der Waals surface area (Å²) in [5, 5.41) is 4.46. The topological polar surface area (TPSA) is 57.6 Å². The second-order valence-corrected chi connectivity index (χ2v) is 8.28. The fraction of sp³-hybridized carbons (Fsp3) is 0.208. The normalized spacial score (nSPS) is 17.8. The van der Waals surface area contributed by atoms with E-state index in [2.05, 4.69) is 5.32 Å². The van der Waals surface area contributed by atoms with E-state index < -0.39 is 0 Å². The predicted octanol–water partition coefficient (Wildman–Crippen LogP) is 3.52. The number of para-hydroxylation sites is 2. The predicted molar refractivity (Wildman–Crippen MR) is 125 cm³/mol. The van der Waals surface area contributed by atoms with Gasteiger partial charge >= 0.3 is 0 Å². The average Bonchev–Trinajstić information content (AvgIpc) is 3.49. The zero-order valence-electron chi connectivity index (χ0n) is 17.1. The van der Waals surface area contributed by atoms with E-state index in [9.17, 15) is 9.59 Å². The molecule has 1 N–H and O–H groups in total. The highest BCUT2D eigenvalue weighted by Crippen LogP contribution is 2.30. The Morgan fingerprint density at radius 1 is 1.13 bits per heavy atom. The smallest absolute Gasteiger partial charge is 0.281 e. The molecule has 2 aliphatic rings. The van der Waals surface area contributed by atoms with Crippen LogP contribution in [-0.4, -0.2) is 39.5 Å². The summed E-state index contributed by atoms with van der Waals surface area (Å²) in [6, 6.07) is 17.6. The highest BCUT2D eigenvalue weighted by Gasteiger charge is 2.36. The minimum absolute atomic E-state index is 0.00736. The van der Waals surface area contributed by atoms with Gasteiger partial charge in [0, 0.05) is 35.8 Å². The molecule has 1 saturated carbocycles. The molecule has 2 amide bonds. The highest BCUT2D eigenvalue weighted by atomic mass is 32.1. The van der Waals surface area contributed by atoms with Crippen molar-refractivity contribution in [1.29, 1.82) is 0 Å². The molecule has 0 radical (unpaired) electrons. The van der Waals surface area contributed by atoms with Gasteiger partial charge in [-0.3, -0.25) is 14.5 Å². The monoisotopic (exact) mass is 430 g/mol. The number of thiocarbonyl (C=S) groups is 1. The van der Waals surface area contributed by atoms with Gasteiger partial charge in [-0.25, -0.2) is 0 Å². The van der Waals surface area contributed by atoms with E-state index in [1.807, 2.05) is 71.4 Å². The van der Waals surface area contributed by atoms with E-state index in [-0.39, 0.29) is 18.4 Å². The Labute approximate surface area is 185 Å². The molecule has 1 saturated heterocycles. The molecular weight excluding hydrogens is 408 g/mol. The standard InChI is InChI=1S/C24H22N4O2S/c1-26-21(23(30)28(24(26)31)18-7-3-2-4-8-18)13-16-14-27(15-22(29)25-17-11-12-17)20-10-6-5-9-19(16)20/h2-10,13-14,17H,11-12,15H2,1H3,(H,25,29)/b21-13-. The molecule has 6 nitrogen and oxygen atoms in total. The second kappa shape index (κ2) is 7.67. The van der Waals surface area contributed by atoms with Crippen molar-refractivity contribution >= 4 is 51.8 Å². The minimum Gasteiger partial charge on any atom is -0.352 e. The number of fused-ring (bicyclic) bond motifs is 1. The Bertz CT molecular complexity index is 1230. The van der Waals surface area contributed by atoms with Gasteiger partial charge < -0.3 is 14.8 Å². The fourth-order valence-electron chi connectivity index (χ4n) is 3.89. The Morgan fingerprint density at radius 3 is 2.58 bits per heavy atom. The number of carbonyl (C=O) groups is 2. The van der Waals surface area contributed by atoms with Crippen LogP contribution in [0.25, 0.3) is 17.0 Å². The van der Waals surface area contributed by atoms with Crippen molar-refractivity contribution in [2.75, 3.05) is 11.9 Å². The van der Waals surface area contributed by atoms with Crippen molar-refractivity contribution in [2.45, 2.75) is 25.4 Å². The molecule has 156 valence electrons. The summed E-state index contributed by atoms with van der Waals surface area (Å²) in [5.41, 5.74) is 3.07. The lowest BCUT2D eigenvalue weighted by atomic mass is 10.1. The van der Waals surface area contributed by atoms with Gasteiger partial charge in [-0.05, 0) is 49.3 Å². The van der Waals surface area contributed by atoms with Crippen LogP contribution >= 0.6 is 12.2 Å². The summed E-state index contributed by atoms with van der Waals surface area (Å²) < 4.78 is 1.94. The number of hydrogen-bond donors (Lipinski definition) is 1. The van der Waals surface area contributed by atoms with E-state index in [4.69, 9.17) is 12.2 Å². The lowest BCUT2D eigenvalue weighted by molar-refractivity contribution is -0.121. The number of likely N-dealkylation sites (N-methyl/N-ethyl adjacent to an activating group) is 1. The molecule has 0 atom stereocenters. The van der Waals surface area contributed by atoms with Crippen LogP contribution in [0.1, 0.15) is 18.4 Å². The lowest BCUT2D eigenvalue weighted by Gasteiger charge is -2.16. The Balaban J connectivity index is 1.51. The van der Waals surface area contributed by atoms with Gasteiger partial charge in [0.25, 0.3) is 5.91 Å². The molecule has 2 aromatic carbocycles. The van der Waals surface area contributed by atoms with Gasteiger partial charge in [-0.15, -0.1) is 0 Å². The molecule has 3 aromatic rings. The van der Waals surface area contributed by atoms with Gasteiger partial charge in [-0.2, -0.15) is 0 Å². The Hall–Kier alpha value is -3.45. The second-order valence-electron chi connectivity index (χ2n) is 7.92. The maximum atomic E-state index is 13.2. The fourth-order valence-corrected chi connectivity index (χ4v) is 4.17. The minimum atomic E-state index is -0.165. The SMILES string of the molecule is CN1C(=S)N(c2ccccc2)C(=O)/C1=C/c1cn(CC(=O)NC2CC2)c2ccccc12. The quantitative estimate of drug-likeness (QED) is 0.497. The molecule has 31 heavy (non-hydrogen) atoms. The molecule has 0 bridgehead atoms. The highest BCUT2D eigenvalue weighted by molar-refractivity contribution is 7.80. The number of nitrogens with zero attached hydrogens (tertiary/aromatic N) is 3. The summed E-state index contributed by atoms with van der Waals surface area (Å²) in [7, 11) is 1.80. The van der Waals surface area contributed by atoms with E-state index in [1.54, 1.807) is 16.8 Å². The third-order valence-electron chi connectivity index (χ3n) is 5.64. The number of hydrogen-bond acceptors (Lipinski definition) is 3. The molecular formula is C24H22N4O2S. The van der Waals surface area contributed by atoms with Crippen molar-refractivity contribution in [2.24, 2.45) is 0 Å². The lowest BCUT2D eigenvalue weighted by Crippen LogP contribution is -2.30. The molecule has 2 heterocycles. The molecule has 5 rings (SSSR count). The first-order chi connectivity index (χ1) is 15.0. The zero-order valence-corrected chi connectivity index (χ0v) is 17.9. The Morgan fingerprint density at radius 2 is 1.84 bits per heavy atom. The summed E-state index contributed by atoms with van der Waals surface area (Å²) in [4.78, 5) is 28.9. The van der Waals surface area contributed by atoms with Crippen LogP contribution in [0.4, 0.5) is 5.69 Å². The van der Waals surface area contributed by atoms with Crippen molar-refractivity contribution in [3.8, 4) is 0 Å². The largest absolute Gasteiger partial charge is 0.352 e. The number of benzene rings is 2. The van der Waals surface area contributed by atoms with Gasteiger partial charge in [0.2, 0.25) is 5.91 Å². The van der Waals surface area contributed by atoms with Crippen molar-refractivity contribution < 1.29 is 9.59 Å². The van der Waals surface area contributed by atoms with Crippen molar-refractivity contribution in [3.05, 3.63) is 72.1 Å². The summed E-state index contributed by atoms with van der Waals surface area (Å²) >= 11 is 5.55. The van der Waals surface area contributed by atoms with Crippen molar-refractivity contribution in [3.63, 3.8) is 0 Å². The third kappa shape index (κ3) is 3.61. The first kappa shape index (κ1) is 19.5. The van der Waals surface area contributed by atoms with Crippen LogP contribution in [-0.2, 0) is 16.1 Å². The molecule has 1 aromatic heterocycles. The van der Waals surface area contributed by atoms with Gasteiger partial charge in [0.1, 0.15) is 12.2 Å². The summed E-state index contributed by atoms with van der Waals surface area (Å²) in [6.07, 6.45) is 5.90. The van der Waals surface area contributed by atoms with E-state index >= 15 is 0 Å². The van der Waals surface area contributed by atoms with Crippen LogP contribution in [0, 0.1) is 0 Å². The van der Waals surface area contributed by atoms with E-state index in [0.29, 0.717) is 16.9 Å². The number of rotatable bonds is 5. The number of nitrogens with one attached hydrogen (secondary N) is 1. The number of amides is 2. The van der Waals surface area contributed by atoms with Gasteiger partial charge in [0.05, 0.1) is 5.69 Å². The summed E-state index contributed by atoms with van der Waals surface area (Å²) in [6.45, 7) is 0.249. The first-order valence-corrected chi connectivity index (χ1v) is 10.7. The zero-order chi connectivity index (χ0) is 21.5. The number of carbonyl (C=O) groups excluding carboxylic acids is 2. The molecule has 0 unspecified atom stereocenters. The van der Waals surface area contributed by atoms with Crippen LogP contribution in [0.2, 0.25) is 0 Å². The van der Waals surface area contributed by atoms with Crippen molar-refractivity contribution in [1.82, 2.24) is 14.8 Å². The number of aromatic nitrogens is 1. The van der Waals surface area contributed by atoms with Gasteiger partial charge in [0.15, 0.2) is 5.11 Å². The van der Waals surface area contributed by atoms with Crippen LogP contribution in [0.15, 0.2) is 66.5 Å². The molecule has 0 spiro atoms. The first-order valence-electron chi connectivity index (χ1n) is 10.3. The van der Waals surface area contributed by atoms with E-state index in [1.165, 1.54) is 0 Å². The van der Waals surface area contributed by atoms with E-state index in [0.717, 1.165) is 35.0 Å². The maximum absolute atomic E-state index is 13.2. The molecule has 2 fully saturated rings. The Kier molecular flexibility index (Phi) is 4.82.